The second-order valence-corrected chi connectivity index (χ2v) is 5.76. The quantitative estimate of drug-likeness (QED) is 0.596. The van der Waals surface area contributed by atoms with Crippen molar-refractivity contribution in [3.8, 4) is 0 Å². The summed E-state index contributed by atoms with van der Waals surface area (Å²) in [4.78, 5) is 33.2. The molecule has 0 rings (SSSR count). The minimum Gasteiger partial charge on any atom is -0.480 e. The second-order valence-electron chi connectivity index (χ2n) is 5.76. The van der Waals surface area contributed by atoms with Crippen molar-refractivity contribution >= 4 is 18.2 Å². The fourth-order valence-corrected chi connectivity index (χ4v) is 1.75. The standard InChI is InChI=1S/C14H26N2O6/c1-5-6-14(4,9-22-13(20)16-10(2)3)8-21-12(19)15-7-11(17)18/h10H,5-9H2,1-4H3,(H,15,19)(H,16,20)(H,17,18). The van der Waals surface area contributed by atoms with Crippen LogP contribution >= 0.6 is 0 Å². The van der Waals surface area contributed by atoms with Crippen LogP contribution < -0.4 is 10.6 Å². The number of amides is 2. The molecule has 0 saturated heterocycles. The summed E-state index contributed by atoms with van der Waals surface area (Å²) in [6, 6.07) is -0.0250. The van der Waals surface area contributed by atoms with Crippen LogP contribution in [0.15, 0.2) is 0 Å². The van der Waals surface area contributed by atoms with Crippen molar-refractivity contribution in [1.82, 2.24) is 10.6 Å². The molecule has 0 aliphatic rings. The maximum Gasteiger partial charge on any atom is 0.407 e. The minimum atomic E-state index is -1.15. The molecule has 0 fully saturated rings. The van der Waals surface area contributed by atoms with Crippen molar-refractivity contribution in [1.29, 1.82) is 0 Å². The maximum atomic E-state index is 11.5. The zero-order valence-electron chi connectivity index (χ0n) is 13.6. The zero-order chi connectivity index (χ0) is 17.2. The first-order valence-electron chi connectivity index (χ1n) is 7.24. The predicted octanol–water partition coefficient (Wildman–Crippen LogP) is 1.74. The molecule has 2 amide bonds. The van der Waals surface area contributed by atoms with Gasteiger partial charge in [-0.3, -0.25) is 4.79 Å². The highest BCUT2D eigenvalue weighted by atomic mass is 16.6. The zero-order valence-corrected chi connectivity index (χ0v) is 13.6. The average molecular weight is 318 g/mol. The summed E-state index contributed by atoms with van der Waals surface area (Å²) in [5.41, 5.74) is -0.524. The molecule has 1 atom stereocenters. The summed E-state index contributed by atoms with van der Waals surface area (Å²) in [5, 5.41) is 13.2. The summed E-state index contributed by atoms with van der Waals surface area (Å²) < 4.78 is 10.1. The van der Waals surface area contributed by atoms with Gasteiger partial charge in [-0.25, -0.2) is 9.59 Å². The topological polar surface area (TPSA) is 114 Å². The molecule has 22 heavy (non-hydrogen) atoms. The molecule has 8 nitrogen and oxygen atoms in total. The number of alkyl carbamates (subject to hydrolysis) is 2. The first-order chi connectivity index (χ1) is 10.2. The van der Waals surface area contributed by atoms with Crippen molar-refractivity contribution in [3.63, 3.8) is 0 Å². The molecular formula is C14H26N2O6. The number of carbonyl (C=O) groups excluding carboxylic acids is 2. The minimum absolute atomic E-state index is 0.0250. The lowest BCUT2D eigenvalue weighted by Crippen LogP contribution is -2.38. The van der Waals surface area contributed by atoms with Gasteiger partial charge in [-0.1, -0.05) is 20.3 Å². The Labute approximate surface area is 130 Å². The van der Waals surface area contributed by atoms with Crippen molar-refractivity contribution in [2.45, 2.75) is 46.6 Å². The molecule has 0 aromatic rings. The first-order valence-corrected chi connectivity index (χ1v) is 7.24. The van der Waals surface area contributed by atoms with Gasteiger partial charge in [0, 0.05) is 11.5 Å². The number of aliphatic carboxylic acids is 1. The van der Waals surface area contributed by atoms with Gasteiger partial charge in [0.05, 0.1) is 0 Å². The molecule has 0 aromatic heterocycles. The highest BCUT2D eigenvalue weighted by Crippen LogP contribution is 2.24. The Morgan fingerprint density at radius 1 is 1.14 bits per heavy atom. The smallest absolute Gasteiger partial charge is 0.407 e. The number of hydrogen-bond acceptors (Lipinski definition) is 5. The first kappa shape index (κ1) is 20.0. The largest absolute Gasteiger partial charge is 0.480 e. The van der Waals surface area contributed by atoms with Gasteiger partial charge in [0.1, 0.15) is 19.8 Å². The Hall–Kier alpha value is -1.99. The van der Waals surface area contributed by atoms with Crippen LogP contribution in [-0.4, -0.2) is 49.1 Å². The van der Waals surface area contributed by atoms with Gasteiger partial charge >= 0.3 is 18.2 Å². The van der Waals surface area contributed by atoms with Gasteiger partial charge in [0.2, 0.25) is 0 Å². The Morgan fingerprint density at radius 3 is 2.14 bits per heavy atom. The van der Waals surface area contributed by atoms with Gasteiger partial charge in [0.15, 0.2) is 0 Å². The van der Waals surface area contributed by atoms with Crippen LogP contribution in [0.4, 0.5) is 9.59 Å². The van der Waals surface area contributed by atoms with E-state index in [0.29, 0.717) is 6.42 Å². The lowest BCUT2D eigenvalue weighted by molar-refractivity contribution is -0.135. The number of carbonyl (C=O) groups is 3. The predicted molar refractivity (Wildman–Crippen MR) is 79.6 cm³/mol. The molecule has 0 aliphatic carbocycles. The molecule has 0 aliphatic heterocycles. The summed E-state index contributed by atoms with van der Waals surface area (Å²) in [6.07, 6.45) is 0.184. The van der Waals surface area contributed by atoms with E-state index in [-0.39, 0.29) is 19.3 Å². The molecule has 0 spiro atoms. The molecule has 0 radical (unpaired) electrons. The van der Waals surface area contributed by atoms with E-state index in [2.05, 4.69) is 10.6 Å². The van der Waals surface area contributed by atoms with Crippen LogP contribution in [0.25, 0.3) is 0 Å². The van der Waals surface area contributed by atoms with E-state index < -0.39 is 30.1 Å². The van der Waals surface area contributed by atoms with Crippen LogP contribution in [0.3, 0.4) is 0 Å². The molecule has 0 saturated carbocycles. The molecule has 0 bridgehead atoms. The summed E-state index contributed by atoms with van der Waals surface area (Å²) in [6.45, 7) is 7.08. The third kappa shape index (κ3) is 9.84. The fraction of sp³-hybridized carbons (Fsp3) is 0.786. The van der Waals surface area contributed by atoms with E-state index in [9.17, 15) is 14.4 Å². The van der Waals surface area contributed by atoms with Gasteiger partial charge in [-0.15, -0.1) is 0 Å². The van der Waals surface area contributed by atoms with Crippen molar-refractivity contribution < 1.29 is 29.0 Å². The van der Waals surface area contributed by atoms with Gasteiger partial charge in [-0.05, 0) is 20.3 Å². The molecule has 0 heterocycles. The molecule has 128 valence electrons. The Balaban J connectivity index is 4.33. The average Bonchev–Trinajstić information content (AvgIpc) is 2.40. The van der Waals surface area contributed by atoms with Crippen molar-refractivity contribution in [3.05, 3.63) is 0 Å². The van der Waals surface area contributed by atoms with Gasteiger partial charge < -0.3 is 25.2 Å². The monoisotopic (exact) mass is 318 g/mol. The Kier molecular flexibility index (Phi) is 8.97. The number of hydrogen-bond donors (Lipinski definition) is 3. The van der Waals surface area contributed by atoms with Crippen molar-refractivity contribution in [2.75, 3.05) is 19.8 Å². The Morgan fingerprint density at radius 2 is 1.68 bits per heavy atom. The van der Waals surface area contributed by atoms with E-state index in [1.165, 1.54) is 0 Å². The molecule has 1 unspecified atom stereocenters. The van der Waals surface area contributed by atoms with E-state index in [4.69, 9.17) is 14.6 Å². The maximum absolute atomic E-state index is 11.5. The summed E-state index contributed by atoms with van der Waals surface area (Å²) in [7, 11) is 0. The number of ether oxygens (including phenoxy) is 2. The lowest BCUT2D eigenvalue weighted by Gasteiger charge is -2.28. The van der Waals surface area contributed by atoms with Crippen LogP contribution in [0.1, 0.15) is 40.5 Å². The van der Waals surface area contributed by atoms with Crippen LogP contribution in [0.2, 0.25) is 0 Å². The summed E-state index contributed by atoms with van der Waals surface area (Å²) >= 11 is 0. The number of rotatable bonds is 9. The second kappa shape index (κ2) is 9.86. The normalized spacial score (nSPS) is 13.1. The van der Waals surface area contributed by atoms with Crippen LogP contribution in [0.5, 0.6) is 0 Å². The number of nitrogens with one attached hydrogen (secondary N) is 2. The molecular weight excluding hydrogens is 292 g/mol. The third-order valence-corrected chi connectivity index (χ3v) is 2.75. The third-order valence-electron chi connectivity index (χ3n) is 2.75. The fourth-order valence-electron chi connectivity index (χ4n) is 1.75. The van der Waals surface area contributed by atoms with Gasteiger partial charge in [-0.2, -0.15) is 0 Å². The van der Waals surface area contributed by atoms with Gasteiger partial charge in [0.25, 0.3) is 0 Å². The van der Waals surface area contributed by atoms with E-state index in [1.54, 1.807) is 0 Å². The molecule has 0 aromatic carbocycles. The van der Waals surface area contributed by atoms with Crippen LogP contribution in [-0.2, 0) is 14.3 Å². The Bertz CT molecular complexity index is 386. The number of carboxylic acid groups (broad SMARTS) is 1. The number of carboxylic acids is 1. The van der Waals surface area contributed by atoms with Crippen LogP contribution in [0, 0.1) is 5.41 Å². The van der Waals surface area contributed by atoms with Crippen molar-refractivity contribution in [2.24, 2.45) is 5.41 Å². The van der Waals surface area contributed by atoms with E-state index in [0.717, 1.165) is 6.42 Å². The highest BCUT2D eigenvalue weighted by molar-refractivity contribution is 5.76. The van der Waals surface area contributed by atoms with E-state index in [1.807, 2.05) is 27.7 Å². The lowest BCUT2D eigenvalue weighted by atomic mass is 9.87. The highest BCUT2D eigenvalue weighted by Gasteiger charge is 2.28. The SMILES string of the molecule is CCCC(C)(COC(=O)NCC(=O)O)COC(=O)NC(C)C. The van der Waals surface area contributed by atoms with E-state index >= 15 is 0 Å². The summed E-state index contributed by atoms with van der Waals surface area (Å²) in [5.74, 6) is -1.15. The molecule has 3 N–H and O–H groups in total. The molecule has 8 heteroatoms.